The molecule has 0 bridgehead atoms. The van der Waals surface area contributed by atoms with Crippen LogP contribution in [-0.4, -0.2) is 29.4 Å². The summed E-state index contributed by atoms with van der Waals surface area (Å²) in [5.41, 5.74) is 0. The molecule has 2 heterocycles. The minimum Gasteiger partial charge on any atom is -0.313 e. The molecule has 0 amide bonds. The lowest BCUT2D eigenvalue weighted by Crippen LogP contribution is -2.59. The number of hydrogen-bond donors (Lipinski definition) is 1. The van der Waals surface area contributed by atoms with Gasteiger partial charge in [0, 0.05) is 25.3 Å². The summed E-state index contributed by atoms with van der Waals surface area (Å²) in [4.78, 5) is 11.1. The predicted octanol–water partition coefficient (Wildman–Crippen LogP) is 0.0344. The Morgan fingerprint density at radius 2 is 2.33 bits per heavy atom. The first-order valence-electron chi connectivity index (χ1n) is 3.21. The quantitative estimate of drug-likeness (QED) is 0.519. The van der Waals surface area contributed by atoms with Gasteiger partial charge in [0.2, 0.25) is 0 Å². The smallest absolute Gasteiger partial charge is 0.152 e. The molecule has 0 aromatic heterocycles. The normalized spacial score (nSPS) is 30.9. The van der Waals surface area contributed by atoms with Gasteiger partial charge in [-0.15, -0.1) is 11.8 Å². The van der Waals surface area contributed by atoms with Crippen molar-refractivity contribution in [2.24, 2.45) is 0 Å². The van der Waals surface area contributed by atoms with E-state index in [1.54, 1.807) is 0 Å². The van der Waals surface area contributed by atoms with Crippen LogP contribution < -0.4 is 5.32 Å². The second-order valence-corrected chi connectivity index (χ2v) is 4.10. The molecule has 0 aromatic rings. The summed E-state index contributed by atoms with van der Waals surface area (Å²) in [6, 6.07) is 0. The molecule has 2 rings (SSSR count). The molecule has 1 spiro atoms. The number of hydrogen-bond acceptors (Lipinski definition) is 3. The van der Waals surface area contributed by atoms with E-state index < -0.39 is 0 Å². The van der Waals surface area contributed by atoms with E-state index in [0.717, 1.165) is 25.3 Å². The van der Waals surface area contributed by atoms with Crippen LogP contribution in [0.1, 0.15) is 6.42 Å². The van der Waals surface area contributed by atoms with Crippen molar-refractivity contribution in [1.29, 1.82) is 0 Å². The average Bonchev–Trinajstić information content (AvgIpc) is 2.07. The van der Waals surface area contributed by atoms with Gasteiger partial charge in [0.1, 0.15) is 0 Å². The van der Waals surface area contributed by atoms with E-state index in [2.05, 4.69) is 5.32 Å². The second kappa shape index (κ2) is 1.73. The zero-order chi connectivity index (χ0) is 6.32. The van der Waals surface area contributed by atoms with E-state index in [9.17, 15) is 4.79 Å². The Kier molecular flexibility index (Phi) is 1.11. The number of carbonyl (C=O) groups is 1. The van der Waals surface area contributed by atoms with E-state index >= 15 is 0 Å². The van der Waals surface area contributed by atoms with Gasteiger partial charge in [-0.25, -0.2) is 0 Å². The van der Waals surface area contributed by atoms with Crippen molar-refractivity contribution in [3.63, 3.8) is 0 Å². The molecule has 2 aliphatic rings. The highest BCUT2D eigenvalue weighted by molar-refractivity contribution is 8.02. The van der Waals surface area contributed by atoms with Crippen LogP contribution in [0.25, 0.3) is 0 Å². The van der Waals surface area contributed by atoms with Gasteiger partial charge in [-0.1, -0.05) is 0 Å². The largest absolute Gasteiger partial charge is 0.313 e. The van der Waals surface area contributed by atoms with Crippen LogP contribution in [0.3, 0.4) is 0 Å². The average molecular weight is 143 g/mol. The molecule has 1 N–H and O–H groups in total. The first-order chi connectivity index (χ1) is 4.33. The molecule has 2 fully saturated rings. The van der Waals surface area contributed by atoms with Gasteiger partial charge in [-0.3, -0.25) is 4.79 Å². The van der Waals surface area contributed by atoms with Crippen LogP contribution in [0.2, 0.25) is 0 Å². The Morgan fingerprint density at radius 1 is 1.56 bits per heavy atom. The zero-order valence-corrected chi connectivity index (χ0v) is 5.96. The number of carbonyl (C=O) groups excluding carboxylic acids is 1. The third-order valence-corrected chi connectivity index (χ3v) is 3.51. The van der Waals surface area contributed by atoms with E-state index in [4.69, 9.17) is 0 Å². The SMILES string of the molecule is O=C1CCSC12CNC2. The first-order valence-corrected chi connectivity index (χ1v) is 4.20. The molecule has 2 saturated heterocycles. The molecule has 9 heavy (non-hydrogen) atoms. The summed E-state index contributed by atoms with van der Waals surface area (Å²) < 4.78 is 0.0417. The Bertz CT molecular complexity index is 153. The number of thioether (sulfide) groups is 1. The summed E-state index contributed by atoms with van der Waals surface area (Å²) >= 11 is 1.83. The van der Waals surface area contributed by atoms with Gasteiger partial charge in [-0.2, -0.15) is 0 Å². The molecule has 0 radical (unpaired) electrons. The van der Waals surface area contributed by atoms with Crippen molar-refractivity contribution in [2.45, 2.75) is 11.2 Å². The second-order valence-electron chi connectivity index (χ2n) is 2.62. The molecule has 0 unspecified atom stereocenters. The fourth-order valence-electron chi connectivity index (χ4n) is 1.30. The highest BCUT2D eigenvalue weighted by Gasteiger charge is 2.47. The lowest BCUT2D eigenvalue weighted by Gasteiger charge is -2.36. The standard InChI is InChI=1S/C6H9NOS/c8-5-1-2-9-6(5)3-7-4-6/h7H,1-4H2. The first kappa shape index (κ1) is 5.74. The molecule has 2 aliphatic heterocycles. The minimum absolute atomic E-state index is 0.0417. The van der Waals surface area contributed by atoms with Crippen LogP contribution in [0.5, 0.6) is 0 Å². The number of rotatable bonds is 0. The third-order valence-electron chi connectivity index (χ3n) is 2.04. The van der Waals surface area contributed by atoms with E-state index in [1.165, 1.54) is 0 Å². The molecule has 0 atom stereocenters. The van der Waals surface area contributed by atoms with Gasteiger partial charge in [0.25, 0.3) is 0 Å². The van der Waals surface area contributed by atoms with Crippen molar-refractivity contribution in [3.8, 4) is 0 Å². The predicted molar refractivity (Wildman–Crippen MR) is 37.7 cm³/mol. The molecule has 0 aliphatic carbocycles. The molecule has 50 valence electrons. The summed E-state index contributed by atoms with van der Waals surface area (Å²) in [6.07, 6.45) is 0.798. The molecule has 2 nitrogen and oxygen atoms in total. The lowest BCUT2D eigenvalue weighted by molar-refractivity contribution is -0.121. The van der Waals surface area contributed by atoms with Gasteiger partial charge in [0.05, 0.1) is 4.75 Å². The lowest BCUT2D eigenvalue weighted by atomic mass is 9.96. The fourth-order valence-corrected chi connectivity index (χ4v) is 2.65. The number of nitrogens with one attached hydrogen (secondary N) is 1. The molecular formula is C6H9NOS. The van der Waals surface area contributed by atoms with Crippen LogP contribution in [0.15, 0.2) is 0 Å². The number of ketones is 1. The monoisotopic (exact) mass is 143 g/mol. The van der Waals surface area contributed by atoms with Gasteiger partial charge in [-0.05, 0) is 0 Å². The Hall–Kier alpha value is -0.0200. The van der Waals surface area contributed by atoms with Crippen LogP contribution >= 0.6 is 11.8 Å². The maximum absolute atomic E-state index is 11.1. The van der Waals surface area contributed by atoms with Crippen molar-refractivity contribution in [3.05, 3.63) is 0 Å². The van der Waals surface area contributed by atoms with Crippen LogP contribution in [0.4, 0.5) is 0 Å². The summed E-state index contributed by atoms with van der Waals surface area (Å²) in [5, 5.41) is 3.13. The third kappa shape index (κ3) is 0.648. The Morgan fingerprint density at radius 3 is 2.56 bits per heavy atom. The van der Waals surface area contributed by atoms with E-state index in [-0.39, 0.29) is 4.75 Å². The highest BCUT2D eigenvalue weighted by Crippen LogP contribution is 2.37. The van der Waals surface area contributed by atoms with Crippen molar-refractivity contribution in [1.82, 2.24) is 5.32 Å². The maximum Gasteiger partial charge on any atom is 0.152 e. The molecule has 0 aromatic carbocycles. The highest BCUT2D eigenvalue weighted by atomic mass is 32.2. The summed E-state index contributed by atoms with van der Waals surface area (Å²) in [5.74, 6) is 1.51. The molecule has 0 saturated carbocycles. The zero-order valence-electron chi connectivity index (χ0n) is 5.14. The van der Waals surface area contributed by atoms with Crippen molar-refractivity contribution in [2.75, 3.05) is 18.8 Å². The topological polar surface area (TPSA) is 29.1 Å². The molecular weight excluding hydrogens is 134 g/mol. The molecule has 3 heteroatoms. The van der Waals surface area contributed by atoms with Gasteiger partial charge in [0.15, 0.2) is 5.78 Å². The Balaban J connectivity index is 2.17. The summed E-state index contributed by atoms with van der Waals surface area (Å²) in [7, 11) is 0. The van der Waals surface area contributed by atoms with E-state index in [0.29, 0.717) is 5.78 Å². The fraction of sp³-hybridized carbons (Fsp3) is 0.833. The van der Waals surface area contributed by atoms with Crippen molar-refractivity contribution < 1.29 is 4.79 Å². The van der Waals surface area contributed by atoms with Crippen molar-refractivity contribution >= 4 is 17.5 Å². The van der Waals surface area contributed by atoms with Gasteiger partial charge < -0.3 is 5.32 Å². The summed E-state index contributed by atoms with van der Waals surface area (Å²) in [6.45, 7) is 1.83. The minimum atomic E-state index is 0.0417. The van der Waals surface area contributed by atoms with Crippen LogP contribution in [0, 0.1) is 0 Å². The van der Waals surface area contributed by atoms with Crippen LogP contribution in [-0.2, 0) is 4.79 Å². The number of Topliss-reactive ketones (excluding diaryl/α,β-unsaturated/α-hetero) is 1. The Labute approximate surface area is 58.4 Å². The maximum atomic E-state index is 11.1. The van der Waals surface area contributed by atoms with E-state index in [1.807, 2.05) is 11.8 Å². The van der Waals surface area contributed by atoms with Gasteiger partial charge >= 0.3 is 0 Å².